The molecule has 7 nitrogen and oxygen atoms in total. The summed E-state index contributed by atoms with van der Waals surface area (Å²) in [6.07, 6.45) is 2.76. The number of ether oxygens (including phenoxy) is 3. The van der Waals surface area contributed by atoms with Crippen LogP contribution in [0.25, 0.3) is 0 Å². The lowest BCUT2D eigenvalue weighted by Gasteiger charge is -2.36. The number of para-hydroxylation sites is 2. The standard InChI is InChI=1S/C18H22O7S/c1-3-22-14-6-4-5-7-15(14)24-17-11-23-16-10-12(25-26(2,20)21)8-9-13(16)18(17)19/h4-7,11-13,16H,3,8-10H2,1-2H3. The zero-order chi connectivity index (χ0) is 18.7. The quantitative estimate of drug-likeness (QED) is 0.698. The van der Waals surface area contributed by atoms with E-state index in [-0.39, 0.29) is 17.5 Å². The molecular formula is C18H22O7S. The third-order valence-electron chi connectivity index (χ3n) is 4.35. The van der Waals surface area contributed by atoms with Gasteiger partial charge in [0.15, 0.2) is 11.5 Å². The second-order valence-electron chi connectivity index (χ2n) is 6.34. The number of ketones is 1. The number of hydrogen-bond donors (Lipinski definition) is 0. The van der Waals surface area contributed by atoms with Gasteiger partial charge in [0.05, 0.1) is 24.9 Å². The fourth-order valence-electron chi connectivity index (χ4n) is 3.27. The van der Waals surface area contributed by atoms with Gasteiger partial charge in [0.25, 0.3) is 10.1 Å². The Morgan fingerprint density at radius 3 is 2.62 bits per heavy atom. The molecule has 2 aliphatic rings. The van der Waals surface area contributed by atoms with Crippen LogP contribution in [-0.2, 0) is 23.8 Å². The summed E-state index contributed by atoms with van der Waals surface area (Å²) < 4.78 is 44.5. The molecule has 0 bridgehead atoms. The van der Waals surface area contributed by atoms with E-state index in [0.29, 0.717) is 37.4 Å². The van der Waals surface area contributed by atoms with Crippen molar-refractivity contribution < 1.29 is 31.6 Å². The maximum atomic E-state index is 12.8. The number of fused-ring (bicyclic) bond motifs is 1. The molecule has 3 unspecified atom stereocenters. The van der Waals surface area contributed by atoms with Gasteiger partial charge in [-0.05, 0) is 31.9 Å². The van der Waals surface area contributed by atoms with Gasteiger partial charge in [0.1, 0.15) is 12.4 Å². The third-order valence-corrected chi connectivity index (χ3v) is 4.97. The topological polar surface area (TPSA) is 88.1 Å². The van der Waals surface area contributed by atoms with Gasteiger partial charge in [0, 0.05) is 6.42 Å². The van der Waals surface area contributed by atoms with Crippen LogP contribution in [0.4, 0.5) is 0 Å². The van der Waals surface area contributed by atoms with Gasteiger partial charge in [-0.1, -0.05) is 12.1 Å². The molecule has 0 radical (unpaired) electrons. The summed E-state index contributed by atoms with van der Waals surface area (Å²) in [7, 11) is -3.53. The van der Waals surface area contributed by atoms with Crippen LogP contribution in [-0.4, -0.2) is 39.3 Å². The van der Waals surface area contributed by atoms with E-state index >= 15 is 0 Å². The van der Waals surface area contributed by atoms with Crippen LogP contribution in [0, 0.1) is 5.92 Å². The second kappa shape index (κ2) is 7.67. The Morgan fingerprint density at radius 2 is 1.92 bits per heavy atom. The minimum Gasteiger partial charge on any atom is -0.493 e. The van der Waals surface area contributed by atoms with Crippen LogP contribution in [0.5, 0.6) is 11.5 Å². The van der Waals surface area contributed by atoms with Crippen LogP contribution in [0.15, 0.2) is 36.3 Å². The van der Waals surface area contributed by atoms with Crippen LogP contribution in [0.1, 0.15) is 26.2 Å². The van der Waals surface area contributed by atoms with Crippen molar-refractivity contribution in [2.24, 2.45) is 5.92 Å². The fourth-order valence-corrected chi connectivity index (χ4v) is 3.94. The summed E-state index contributed by atoms with van der Waals surface area (Å²) in [5.41, 5.74) is 0. The van der Waals surface area contributed by atoms with E-state index in [9.17, 15) is 13.2 Å². The molecule has 0 amide bonds. The molecule has 142 valence electrons. The average molecular weight is 382 g/mol. The summed E-state index contributed by atoms with van der Waals surface area (Å²) >= 11 is 0. The van der Waals surface area contributed by atoms with E-state index < -0.39 is 22.3 Å². The normalized spacial score (nSPS) is 25.7. The van der Waals surface area contributed by atoms with E-state index in [2.05, 4.69) is 0 Å². The molecule has 1 fully saturated rings. The monoisotopic (exact) mass is 382 g/mol. The third kappa shape index (κ3) is 4.37. The van der Waals surface area contributed by atoms with E-state index in [4.69, 9.17) is 18.4 Å². The van der Waals surface area contributed by atoms with Crippen molar-refractivity contribution in [3.63, 3.8) is 0 Å². The highest BCUT2D eigenvalue weighted by Gasteiger charge is 2.42. The van der Waals surface area contributed by atoms with Crippen molar-refractivity contribution in [2.45, 2.75) is 38.4 Å². The Hall–Kier alpha value is -2.06. The molecule has 1 aliphatic heterocycles. The number of carbonyl (C=O) groups excluding carboxylic acids is 1. The van der Waals surface area contributed by atoms with Crippen molar-refractivity contribution in [1.29, 1.82) is 0 Å². The van der Waals surface area contributed by atoms with Gasteiger partial charge in [-0.3, -0.25) is 8.98 Å². The average Bonchev–Trinajstić information content (AvgIpc) is 2.58. The van der Waals surface area contributed by atoms with Crippen molar-refractivity contribution in [3.05, 3.63) is 36.3 Å². The highest BCUT2D eigenvalue weighted by Crippen LogP contribution is 2.36. The second-order valence-corrected chi connectivity index (χ2v) is 7.95. The smallest absolute Gasteiger partial charge is 0.264 e. The molecule has 0 aromatic heterocycles. The molecule has 1 heterocycles. The zero-order valence-corrected chi connectivity index (χ0v) is 15.5. The SMILES string of the molecule is CCOc1ccccc1OC1=COC2CC(OS(C)(=O)=O)CCC2C1=O. The van der Waals surface area contributed by atoms with E-state index in [1.165, 1.54) is 6.26 Å². The van der Waals surface area contributed by atoms with Crippen LogP contribution in [0.3, 0.4) is 0 Å². The number of hydrogen-bond acceptors (Lipinski definition) is 7. The molecule has 0 N–H and O–H groups in total. The Balaban J connectivity index is 1.71. The summed E-state index contributed by atoms with van der Waals surface area (Å²) in [6.45, 7) is 2.35. The molecule has 1 aromatic carbocycles. The molecule has 3 atom stereocenters. The first kappa shape index (κ1) is 18.7. The molecule has 3 rings (SSSR count). The van der Waals surface area contributed by atoms with Gasteiger partial charge >= 0.3 is 0 Å². The predicted octanol–water partition coefficient (Wildman–Crippen LogP) is 2.42. The molecule has 0 saturated heterocycles. The number of carbonyl (C=O) groups is 1. The lowest BCUT2D eigenvalue weighted by Crippen LogP contribution is -2.42. The zero-order valence-electron chi connectivity index (χ0n) is 14.7. The minimum atomic E-state index is -3.53. The minimum absolute atomic E-state index is 0.126. The summed E-state index contributed by atoms with van der Waals surface area (Å²) in [5.74, 6) is 0.612. The molecule has 26 heavy (non-hydrogen) atoms. The predicted molar refractivity (Wildman–Crippen MR) is 93.3 cm³/mol. The van der Waals surface area contributed by atoms with Crippen LogP contribution >= 0.6 is 0 Å². The Morgan fingerprint density at radius 1 is 1.19 bits per heavy atom. The first-order chi connectivity index (χ1) is 12.4. The van der Waals surface area contributed by atoms with Gasteiger partial charge < -0.3 is 14.2 Å². The molecule has 1 aliphatic carbocycles. The van der Waals surface area contributed by atoms with Gasteiger partial charge in [-0.15, -0.1) is 0 Å². The lowest BCUT2D eigenvalue weighted by atomic mass is 9.80. The highest BCUT2D eigenvalue weighted by molar-refractivity contribution is 7.86. The Kier molecular flexibility index (Phi) is 5.52. The maximum absolute atomic E-state index is 12.8. The van der Waals surface area contributed by atoms with Gasteiger partial charge in [-0.2, -0.15) is 8.42 Å². The largest absolute Gasteiger partial charge is 0.493 e. The number of rotatable bonds is 6. The van der Waals surface area contributed by atoms with Crippen molar-refractivity contribution in [3.8, 4) is 11.5 Å². The molecule has 0 spiro atoms. The van der Waals surface area contributed by atoms with Crippen LogP contribution in [0.2, 0.25) is 0 Å². The molecule has 8 heteroatoms. The van der Waals surface area contributed by atoms with E-state index in [1.807, 2.05) is 13.0 Å². The maximum Gasteiger partial charge on any atom is 0.264 e. The van der Waals surface area contributed by atoms with Crippen molar-refractivity contribution >= 4 is 15.9 Å². The lowest BCUT2D eigenvalue weighted by molar-refractivity contribution is -0.131. The molecular weight excluding hydrogens is 360 g/mol. The Bertz CT molecular complexity index is 800. The fraction of sp³-hybridized carbons (Fsp3) is 0.500. The molecule has 1 aromatic rings. The summed E-state index contributed by atoms with van der Waals surface area (Å²) in [6, 6.07) is 7.11. The number of Topliss-reactive ketones (excluding diaryl/α,β-unsaturated/α-hetero) is 1. The number of allylic oxidation sites excluding steroid dienone is 1. The summed E-state index contributed by atoms with van der Waals surface area (Å²) in [5, 5.41) is 0. The highest BCUT2D eigenvalue weighted by atomic mass is 32.2. The van der Waals surface area contributed by atoms with E-state index in [0.717, 1.165) is 6.26 Å². The summed E-state index contributed by atoms with van der Waals surface area (Å²) in [4.78, 5) is 12.8. The Labute approximate surface area is 153 Å². The first-order valence-corrected chi connectivity index (χ1v) is 10.4. The molecule has 1 saturated carbocycles. The first-order valence-electron chi connectivity index (χ1n) is 8.55. The van der Waals surface area contributed by atoms with Crippen molar-refractivity contribution in [1.82, 2.24) is 0 Å². The number of benzene rings is 1. The van der Waals surface area contributed by atoms with Gasteiger partial charge in [0.2, 0.25) is 11.5 Å². The van der Waals surface area contributed by atoms with Crippen molar-refractivity contribution in [2.75, 3.05) is 12.9 Å². The van der Waals surface area contributed by atoms with Crippen LogP contribution < -0.4 is 9.47 Å². The van der Waals surface area contributed by atoms with E-state index in [1.54, 1.807) is 18.2 Å². The van der Waals surface area contributed by atoms with Gasteiger partial charge in [-0.25, -0.2) is 0 Å².